The third kappa shape index (κ3) is 1.15. The lowest BCUT2D eigenvalue weighted by Crippen LogP contribution is -2.26. The molecule has 15 heavy (non-hydrogen) atoms. The maximum Gasteiger partial charge on any atom is 0.0588 e. The monoisotopic (exact) mass is 200 g/mol. The second-order valence-corrected chi connectivity index (χ2v) is 4.48. The minimum absolute atomic E-state index is 0.258. The molecule has 2 nitrogen and oxygen atoms in total. The Morgan fingerprint density at radius 1 is 1.27 bits per heavy atom. The number of aryl methyl sites for hydroxylation is 1. The van der Waals surface area contributed by atoms with Crippen LogP contribution in [0.15, 0.2) is 30.3 Å². The molecule has 0 unspecified atom stereocenters. The summed E-state index contributed by atoms with van der Waals surface area (Å²) < 4.78 is 2.32. The summed E-state index contributed by atoms with van der Waals surface area (Å²) in [6.07, 6.45) is 2.52. The van der Waals surface area contributed by atoms with Crippen LogP contribution in [-0.2, 0) is 12.6 Å². The van der Waals surface area contributed by atoms with E-state index in [0.717, 1.165) is 0 Å². The van der Waals surface area contributed by atoms with Gasteiger partial charge in [-0.3, -0.25) is 0 Å². The second kappa shape index (κ2) is 2.86. The Morgan fingerprint density at radius 3 is 2.60 bits per heavy atom. The zero-order valence-corrected chi connectivity index (χ0v) is 9.25. The molecule has 3 rings (SSSR count). The molecule has 0 aliphatic heterocycles. The van der Waals surface area contributed by atoms with Crippen molar-refractivity contribution in [3.8, 4) is 0 Å². The van der Waals surface area contributed by atoms with Crippen molar-refractivity contribution in [2.75, 3.05) is 7.05 Å². The van der Waals surface area contributed by atoms with E-state index in [-0.39, 0.29) is 5.54 Å². The first-order valence-electron chi connectivity index (χ1n) is 5.51. The van der Waals surface area contributed by atoms with E-state index in [1.807, 2.05) is 0 Å². The summed E-state index contributed by atoms with van der Waals surface area (Å²) in [6.45, 7) is 0. The van der Waals surface area contributed by atoms with Gasteiger partial charge in [0.25, 0.3) is 0 Å². The fourth-order valence-corrected chi connectivity index (χ4v) is 2.51. The number of benzene rings is 1. The molecule has 1 aliphatic carbocycles. The SMILES string of the molecule is CNC1(c2cc3ccccc3n2C)CC1. The predicted octanol–water partition coefficient (Wildman–Crippen LogP) is 2.39. The van der Waals surface area contributed by atoms with Crippen molar-refractivity contribution in [2.45, 2.75) is 18.4 Å². The zero-order valence-electron chi connectivity index (χ0n) is 9.25. The van der Waals surface area contributed by atoms with Gasteiger partial charge in [-0.05, 0) is 37.4 Å². The van der Waals surface area contributed by atoms with Crippen LogP contribution in [0.25, 0.3) is 10.9 Å². The van der Waals surface area contributed by atoms with Crippen LogP contribution in [0.4, 0.5) is 0 Å². The average Bonchev–Trinajstić information content (AvgIpc) is 3.00. The summed E-state index contributed by atoms with van der Waals surface area (Å²) in [5, 5.41) is 4.79. The number of nitrogens with one attached hydrogen (secondary N) is 1. The van der Waals surface area contributed by atoms with E-state index in [1.54, 1.807) is 0 Å². The number of para-hydroxylation sites is 1. The molecule has 1 fully saturated rings. The number of hydrogen-bond acceptors (Lipinski definition) is 1. The molecule has 1 N–H and O–H groups in total. The van der Waals surface area contributed by atoms with Gasteiger partial charge in [0.1, 0.15) is 0 Å². The van der Waals surface area contributed by atoms with Crippen molar-refractivity contribution in [3.63, 3.8) is 0 Å². The number of hydrogen-bond donors (Lipinski definition) is 1. The minimum atomic E-state index is 0.258. The van der Waals surface area contributed by atoms with E-state index in [1.165, 1.54) is 29.4 Å². The lowest BCUT2D eigenvalue weighted by molar-refractivity contribution is 0.549. The molecule has 78 valence electrons. The third-order valence-corrected chi connectivity index (χ3v) is 3.67. The summed E-state index contributed by atoms with van der Waals surface area (Å²) in [7, 11) is 4.22. The van der Waals surface area contributed by atoms with Crippen LogP contribution < -0.4 is 5.32 Å². The van der Waals surface area contributed by atoms with Gasteiger partial charge < -0.3 is 9.88 Å². The lowest BCUT2D eigenvalue weighted by atomic mass is 10.1. The van der Waals surface area contributed by atoms with Gasteiger partial charge in [-0.1, -0.05) is 18.2 Å². The molecule has 2 aromatic rings. The van der Waals surface area contributed by atoms with Crippen molar-refractivity contribution in [2.24, 2.45) is 7.05 Å². The molecule has 0 radical (unpaired) electrons. The van der Waals surface area contributed by atoms with Crippen LogP contribution in [0.1, 0.15) is 18.5 Å². The van der Waals surface area contributed by atoms with E-state index in [2.05, 4.69) is 54.3 Å². The molecular weight excluding hydrogens is 184 g/mol. The van der Waals surface area contributed by atoms with Crippen molar-refractivity contribution < 1.29 is 0 Å². The number of nitrogens with zero attached hydrogens (tertiary/aromatic N) is 1. The number of rotatable bonds is 2. The van der Waals surface area contributed by atoms with Crippen molar-refractivity contribution >= 4 is 10.9 Å². The molecule has 1 aromatic carbocycles. The standard InChI is InChI=1S/C13H16N2/c1-14-13(7-8-13)12-9-10-5-3-4-6-11(10)15(12)2/h3-6,9,14H,7-8H2,1-2H3. The van der Waals surface area contributed by atoms with Gasteiger partial charge in [-0.2, -0.15) is 0 Å². The molecule has 1 aliphatic rings. The Morgan fingerprint density at radius 2 is 2.00 bits per heavy atom. The van der Waals surface area contributed by atoms with Crippen LogP contribution in [0.3, 0.4) is 0 Å². The number of aromatic nitrogens is 1. The van der Waals surface area contributed by atoms with Gasteiger partial charge in [-0.25, -0.2) is 0 Å². The van der Waals surface area contributed by atoms with Gasteiger partial charge in [0.2, 0.25) is 0 Å². The molecule has 0 amide bonds. The van der Waals surface area contributed by atoms with E-state index < -0.39 is 0 Å². The Bertz CT molecular complexity index is 506. The normalized spacial score (nSPS) is 18.3. The summed E-state index contributed by atoms with van der Waals surface area (Å²) >= 11 is 0. The van der Waals surface area contributed by atoms with Crippen LogP contribution in [0, 0.1) is 0 Å². The Hall–Kier alpha value is -1.28. The van der Waals surface area contributed by atoms with E-state index in [9.17, 15) is 0 Å². The Balaban J connectivity index is 2.24. The van der Waals surface area contributed by atoms with Gasteiger partial charge >= 0.3 is 0 Å². The molecule has 1 saturated carbocycles. The fraction of sp³-hybridized carbons (Fsp3) is 0.385. The maximum absolute atomic E-state index is 3.45. The van der Waals surface area contributed by atoms with E-state index in [4.69, 9.17) is 0 Å². The molecule has 0 atom stereocenters. The first-order valence-corrected chi connectivity index (χ1v) is 5.51. The highest BCUT2D eigenvalue weighted by atomic mass is 15.1. The molecule has 2 heteroatoms. The largest absolute Gasteiger partial charge is 0.346 e. The topological polar surface area (TPSA) is 17.0 Å². The van der Waals surface area contributed by atoms with Crippen LogP contribution in [0.5, 0.6) is 0 Å². The Labute approximate surface area is 89.9 Å². The van der Waals surface area contributed by atoms with Crippen molar-refractivity contribution in [1.29, 1.82) is 0 Å². The highest BCUT2D eigenvalue weighted by Gasteiger charge is 2.44. The first-order chi connectivity index (χ1) is 7.27. The second-order valence-electron chi connectivity index (χ2n) is 4.48. The average molecular weight is 200 g/mol. The van der Waals surface area contributed by atoms with E-state index in [0.29, 0.717) is 0 Å². The van der Waals surface area contributed by atoms with Gasteiger partial charge in [0.15, 0.2) is 0 Å². The summed E-state index contributed by atoms with van der Waals surface area (Å²) in [6, 6.07) is 10.9. The van der Waals surface area contributed by atoms with Gasteiger partial charge in [0, 0.05) is 18.3 Å². The van der Waals surface area contributed by atoms with Crippen LogP contribution >= 0.6 is 0 Å². The summed E-state index contributed by atoms with van der Waals surface area (Å²) in [4.78, 5) is 0. The maximum atomic E-state index is 3.45. The minimum Gasteiger partial charge on any atom is -0.346 e. The highest BCUT2D eigenvalue weighted by Crippen LogP contribution is 2.46. The lowest BCUT2D eigenvalue weighted by Gasteiger charge is -2.15. The quantitative estimate of drug-likeness (QED) is 0.787. The molecular formula is C13H16N2. The first kappa shape index (κ1) is 8.98. The molecule has 0 saturated heterocycles. The van der Waals surface area contributed by atoms with Crippen molar-refractivity contribution in [1.82, 2.24) is 9.88 Å². The molecule has 0 spiro atoms. The molecule has 1 heterocycles. The fourth-order valence-electron chi connectivity index (χ4n) is 2.51. The van der Waals surface area contributed by atoms with Gasteiger partial charge in [-0.15, -0.1) is 0 Å². The summed E-state index contributed by atoms with van der Waals surface area (Å²) in [5.74, 6) is 0. The Kier molecular flexibility index (Phi) is 1.71. The molecule has 0 bridgehead atoms. The van der Waals surface area contributed by atoms with E-state index >= 15 is 0 Å². The molecule has 1 aromatic heterocycles. The van der Waals surface area contributed by atoms with Crippen LogP contribution in [0.2, 0.25) is 0 Å². The van der Waals surface area contributed by atoms with Crippen molar-refractivity contribution in [3.05, 3.63) is 36.0 Å². The smallest absolute Gasteiger partial charge is 0.0588 e. The number of fused-ring (bicyclic) bond motifs is 1. The summed E-state index contributed by atoms with van der Waals surface area (Å²) in [5.41, 5.74) is 3.01. The van der Waals surface area contributed by atoms with Crippen LogP contribution in [-0.4, -0.2) is 11.6 Å². The third-order valence-electron chi connectivity index (χ3n) is 3.67. The van der Waals surface area contributed by atoms with Gasteiger partial charge in [0.05, 0.1) is 5.54 Å². The zero-order chi connectivity index (χ0) is 10.5. The highest BCUT2D eigenvalue weighted by molar-refractivity contribution is 5.81. The predicted molar refractivity (Wildman–Crippen MR) is 62.9 cm³/mol.